The third-order valence-corrected chi connectivity index (χ3v) is 6.98. The zero-order valence-electron chi connectivity index (χ0n) is 17.4. The zero-order chi connectivity index (χ0) is 23.3. The van der Waals surface area contributed by atoms with Crippen LogP contribution in [0.25, 0.3) is 0 Å². The highest BCUT2D eigenvalue weighted by Gasteiger charge is 2.28. The number of carbonyl (C=O) groups excluding carboxylic acids is 1. The predicted octanol–water partition coefficient (Wildman–Crippen LogP) is 4.96. The lowest BCUT2D eigenvalue weighted by molar-refractivity contribution is -0.119. The van der Waals surface area contributed by atoms with E-state index in [9.17, 15) is 13.2 Å². The normalized spacial score (nSPS) is 11.5. The van der Waals surface area contributed by atoms with Crippen LogP contribution in [0.4, 0.5) is 5.69 Å². The molecule has 0 radical (unpaired) electrons. The van der Waals surface area contributed by atoms with E-state index in [-0.39, 0.29) is 4.90 Å². The Morgan fingerprint density at radius 3 is 2.38 bits per heavy atom. The van der Waals surface area contributed by atoms with Gasteiger partial charge in [0, 0.05) is 15.6 Å². The van der Waals surface area contributed by atoms with Gasteiger partial charge in [0.15, 0.2) is 0 Å². The van der Waals surface area contributed by atoms with Crippen LogP contribution in [0.1, 0.15) is 16.7 Å². The second kappa shape index (κ2) is 10.2. The number of halogens is 2. The van der Waals surface area contributed by atoms with Crippen molar-refractivity contribution in [3.05, 3.63) is 93.5 Å². The molecule has 0 saturated heterocycles. The smallest absolute Gasteiger partial charge is 0.264 e. The van der Waals surface area contributed by atoms with E-state index >= 15 is 0 Å². The molecule has 0 spiro atoms. The van der Waals surface area contributed by atoms with E-state index in [1.807, 2.05) is 6.92 Å². The first-order valence-electron chi connectivity index (χ1n) is 9.60. The van der Waals surface area contributed by atoms with Crippen LogP contribution >= 0.6 is 23.2 Å². The molecule has 1 N–H and O–H groups in total. The van der Waals surface area contributed by atoms with Crippen LogP contribution in [0.5, 0.6) is 0 Å². The predicted molar refractivity (Wildman–Crippen MR) is 129 cm³/mol. The molecule has 0 aliphatic rings. The molecular weight excluding hydrogens is 469 g/mol. The number of hydrogen-bond donors (Lipinski definition) is 1. The number of hydrazone groups is 1. The average Bonchev–Trinajstić information content (AvgIpc) is 2.74. The number of hydrogen-bond acceptors (Lipinski definition) is 4. The number of rotatable bonds is 7. The van der Waals surface area contributed by atoms with E-state index in [0.717, 1.165) is 9.87 Å². The lowest BCUT2D eigenvalue weighted by atomic mass is 10.2. The molecule has 0 aromatic heterocycles. The summed E-state index contributed by atoms with van der Waals surface area (Å²) in [5, 5.41) is 4.84. The van der Waals surface area contributed by atoms with Gasteiger partial charge in [-0.05, 0) is 55.8 Å². The van der Waals surface area contributed by atoms with Gasteiger partial charge in [0.25, 0.3) is 15.9 Å². The summed E-state index contributed by atoms with van der Waals surface area (Å²) in [6.45, 7) is 3.12. The lowest BCUT2D eigenvalue weighted by Crippen LogP contribution is -2.40. The van der Waals surface area contributed by atoms with Crippen LogP contribution in [0.15, 0.2) is 76.7 Å². The van der Waals surface area contributed by atoms with E-state index in [4.69, 9.17) is 23.2 Å². The zero-order valence-corrected chi connectivity index (χ0v) is 19.7. The molecule has 3 rings (SSSR count). The van der Waals surface area contributed by atoms with Crippen molar-refractivity contribution < 1.29 is 13.2 Å². The van der Waals surface area contributed by atoms with Crippen molar-refractivity contribution in [1.82, 2.24) is 5.43 Å². The second-order valence-corrected chi connectivity index (χ2v) is 9.78. The van der Waals surface area contributed by atoms with Gasteiger partial charge in [-0.25, -0.2) is 13.8 Å². The maximum Gasteiger partial charge on any atom is 0.264 e. The molecule has 0 heterocycles. The molecular formula is C23H21Cl2N3O3S. The minimum atomic E-state index is -4.03. The molecule has 0 aliphatic heterocycles. The van der Waals surface area contributed by atoms with Crippen LogP contribution in [0.3, 0.4) is 0 Å². The van der Waals surface area contributed by atoms with Gasteiger partial charge in [0.05, 0.1) is 16.8 Å². The van der Waals surface area contributed by atoms with Gasteiger partial charge in [0.1, 0.15) is 6.54 Å². The van der Waals surface area contributed by atoms with Gasteiger partial charge in [-0.2, -0.15) is 5.10 Å². The SMILES string of the molecule is Cc1ccc(S(=O)(=O)N(CC(=O)N/N=C\c2ccccc2Cl)c2ccc(Cl)cc2C)cc1. The molecule has 3 aromatic rings. The fourth-order valence-corrected chi connectivity index (χ4v) is 4.85. The van der Waals surface area contributed by atoms with Crippen LogP contribution in [0.2, 0.25) is 10.0 Å². The summed E-state index contributed by atoms with van der Waals surface area (Å²) < 4.78 is 27.9. The minimum absolute atomic E-state index is 0.0739. The molecule has 32 heavy (non-hydrogen) atoms. The summed E-state index contributed by atoms with van der Waals surface area (Å²) in [5.41, 5.74) is 4.86. The first kappa shape index (κ1) is 23.8. The topological polar surface area (TPSA) is 78.8 Å². The quantitative estimate of drug-likeness (QED) is 0.376. The molecule has 0 bridgehead atoms. The Bertz CT molecular complexity index is 1260. The van der Waals surface area contributed by atoms with E-state index in [1.54, 1.807) is 61.5 Å². The van der Waals surface area contributed by atoms with Gasteiger partial charge < -0.3 is 0 Å². The van der Waals surface area contributed by atoms with E-state index in [2.05, 4.69) is 10.5 Å². The maximum absolute atomic E-state index is 13.4. The Kier molecular flexibility index (Phi) is 7.56. The Labute approximate surface area is 197 Å². The van der Waals surface area contributed by atoms with Crippen molar-refractivity contribution in [2.45, 2.75) is 18.7 Å². The molecule has 9 heteroatoms. The summed E-state index contributed by atoms with van der Waals surface area (Å²) in [4.78, 5) is 12.7. The van der Waals surface area contributed by atoms with Crippen LogP contribution in [0, 0.1) is 13.8 Å². The molecule has 1 amide bonds. The highest BCUT2D eigenvalue weighted by atomic mass is 35.5. The molecule has 6 nitrogen and oxygen atoms in total. The number of benzene rings is 3. The number of amides is 1. The number of nitrogens with one attached hydrogen (secondary N) is 1. The van der Waals surface area contributed by atoms with Gasteiger partial charge in [-0.15, -0.1) is 0 Å². The van der Waals surface area contributed by atoms with Gasteiger partial charge in [0.2, 0.25) is 0 Å². The summed E-state index contributed by atoms with van der Waals surface area (Å²) in [6.07, 6.45) is 1.40. The van der Waals surface area contributed by atoms with Crippen molar-refractivity contribution in [2.24, 2.45) is 5.10 Å². The van der Waals surface area contributed by atoms with Gasteiger partial charge >= 0.3 is 0 Å². The van der Waals surface area contributed by atoms with Crippen LogP contribution < -0.4 is 9.73 Å². The van der Waals surface area contributed by atoms with Crippen molar-refractivity contribution in [3.8, 4) is 0 Å². The molecule has 0 saturated carbocycles. The fraction of sp³-hybridized carbons (Fsp3) is 0.130. The van der Waals surface area contributed by atoms with Crippen LogP contribution in [-0.4, -0.2) is 27.1 Å². The van der Waals surface area contributed by atoms with E-state index in [0.29, 0.717) is 26.9 Å². The highest BCUT2D eigenvalue weighted by Crippen LogP contribution is 2.29. The number of carbonyl (C=O) groups is 1. The molecule has 0 fully saturated rings. The minimum Gasteiger partial charge on any atom is -0.271 e. The summed E-state index contributed by atoms with van der Waals surface area (Å²) in [7, 11) is -4.03. The van der Waals surface area contributed by atoms with Crippen molar-refractivity contribution >= 4 is 51.0 Å². The van der Waals surface area contributed by atoms with Crippen LogP contribution in [-0.2, 0) is 14.8 Å². The van der Waals surface area contributed by atoms with Gasteiger partial charge in [-0.1, -0.05) is 59.1 Å². The van der Waals surface area contributed by atoms with Crippen molar-refractivity contribution in [3.63, 3.8) is 0 Å². The molecule has 3 aromatic carbocycles. The summed E-state index contributed by atoms with van der Waals surface area (Å²) >= 11 is 12.1. The molecule has 166 valence electrons. The number of aryl methyl sites for hydroxylation is 2. The Morgan fingerprint density at radius 1 is 1.03 bits per heavy atom. The first-order chi connectivity index (χ1) is 15.2. The lowest BCUT2D eigenvalue weighted by Gasteiger charge is -2.25. The Hall–Kier alpha value is -2.87. The molecule has 0 unspecified atom stereocenters. The highest BCUT2D eigenvalue weighted by molar-refractivity contribution is 7.92. The first-order valence-corrected chi connectivity index (χ1v) is 11.8. The summed E-state index contributed by atoms with van der Waals surface area (Å²) in [6, 6.07) is 18.2. The molecule has 0 atom stereocenters. The standard InChI is InChI=1S/C23H21Cl2N3O3S/c1-16-7-10-20(11-8-16)32(30,31)28(22-12-9-19(24)13-17(22)2)15-23(29)27-26-14-18-5-3-4-6-21(18)25/h3-14H,15H2,1-2H3,(H,27,29)/b26-14-. The summed E-state index contributed by atoms with van der Waals surface area (Å²) in [5.74, 6) is -0.613. The second-order valence-electron chi connectivity index (χ2n) is 7.07. The fourth-order valence-electron chi connectivity index (χ4n) is 2.96. The average molecular weight is 490 g/mol. The molecule has 0 aliphatic carbocycles. The van der Waals surface area contributed by atoms with Gasteiger partial charge in [-0.3, -0.25) is 9.10 Å². The Morgan fingerprint density at radius 2 is 1.72 bits per heavy atom. The third kappa shape index (κ3) is 5.68. The largest absolute Gasteiger partial charge is 0.271 e. The third-order valence-electron chi connectivity index (χ3n) is 4.62. The Balaban J connectivity index is 1.90. The van der Waals surface area contributed by atoms with Crippen molar-refractivity contribution in [1.29, 1.82) is 0 Å². The van der Waals surface area contributed by atoms with E-state index in [1.165, 1.54) is 18.3 Å². The van der Waals surface area contributed by atoms with Crippen molar-refractivity contribution in [2.75, 3.05) is 10.8 Å². The number of sulfonamides is 1. The number of anilines is 1. The number of nitrogens with zero attached hydrogens (tertiary/aromatic N) is 2. The monoisotopic (exact) mass is 489 g/mol. The maximum atomic E-state index is 13.4. The van der Waals surface area contributed by atoms with E-state index < -0.39 is 22.5 Å².